The molecule has 0 saturated carbocycles. The summed E-state index contributed by atoms with van der Waals surface area (Å²) in [5.74, 6) is -0.0682. The molecule has 1 aromatic rings. The van der Waals surface area contributed by atoms with Crippen LogP contribution in [-0.4, -0.2) is 22.4 Å². The predicted octanol–water partition coefficient (Wildman–Crippen LogP) is 4.15. The number of rotatable bonds is 12. The number of alkyl halides is 1. The molecule has 3 N–H and O–H groups in total. The van der Waals surface area contributed by atoms with Crippen LogP contribution in [-0.2, 0) is 11.2 Å². The molecule has 0 aromatic heterocycles. The lowest BCUT2D eigenvalue weighted by molar-refractivity contribution is -0.113. The van der Waals surface area contributed by atoms with E-state index in [9.17, 15) is 4.79 Å². The van der Waals surface area contributed by atoms with Gasteiger partial charge in [0.05, 0.1) is 0 Å². The molecular formula is C20H28BrNO2. The van der Waals surface area contributed by atoms with Crippen molar-refractivity contribution in [3.63, 3.8) is 0 Å². The van der Waals surface area contributed by atoms with Crippen LogP contribution in [0.5, 0.6) is 0 Å². The van der Waals surface area contributed by atoms with Crippen molar-refractivity contribution < 1.29 is 9.90 Å². The summed E-state index contributed by atoms with van der Waals surface area (Å²) in [5, 5.41) is 9.00. The highest BCUT2D eigenvalue weighted by Gasteiger charge is 2.16. The Morgan fingerprint density at radius 3 is 2.62 bits per heavy atom. The molecule has 0 radical (unpaired) electrons. The number of hydrogen-bond acceptors (Lipinski definition) is 2. The van der Waals surface area contributed by atoms with Gasteiger partial charge in [-0.15, -0.1) is 0 Å². The number of carbonyl (C=O) groups is 1. The molecule has 1 aromatic carbocycles. The number of aliphatic hydroxyl groups is 1. The van der Waals surface area contributed by atoms with Gasteiger partial charge in [0.25, 0.3) is 0 Å². The van der Waals surface area contributed by atoms with Gasteiger partial charge in [-0.2, -0.15) is 0 Å². The third-order valence-corrected chi connectivity index (χ3v) is 4.77. The van der Waals surface area contributed by atoms with Gasteiger partial charge < -0.3 is 10.8 Å². The Labute approximate surface area is 153 Å². The lowest BCUT2D eigenvalue weighted by Gasteiger charge is -2.21. The fourth-order valence-corrected chi connectivity index (χ4v) is 3.30. The molecule has 0 heterocycles. The summed E-state index contributed by atoms with van der Waals surface area (Å²) < 4.78 is 0. The summed E-state index contributed by atoms with van der Waals surface area (Å²) in [6.45, 7) is 4.52. The van der Waals surface area contributed by atoms with E-state index >= 15 is 0 Å². The van der Waals surface area contributed by atoms with Crippen LogP contribution in [0.1, 0.15) is 37.7 Å². The van der Waals surface area contributed by atoms with Crippen LogP contribution in [0.3, 0.4) is 0 Å². The van der Waals surface area contributed by atoms with Gasteiger partial charge in [0, 0.05) is 11.4 Å². The number of benzene rings is 1. The Bertz CT molecular complexity index is 528. The van der Waals surface area contributed by atoms with E-state index < -0.39 is 5.91 Å². The van der Waals surface area contributed by atoms with E-state index in [0.29, 0.717) is 5.92 Å². The maximum atomic E-state index is 10.9. The van der Waals surface area contributed by atoms with Crippen LogP contribution >= 0.6 is 15.9 Å². The first kappa shape index (κ1) is 20.7. The maximum Gasteiger partial charge on any atom is 0.241 e. The van der Waals surface area contributed by atoms with Crippen LogP contribution in [0.15, 0.2) is 54.6 Å². The number of halogens is 1. The number of carbonyl (C=O) groups excluding carboxylic acids is 1. The van der Waals surface area contributed by atoms with Crippen molar-refractivity contribution in [2.75, 3.05) is 6.61 Å². The number of aryl methyl sites for hydroxylation is 1. The van der Waals surface area contributed by atoms with E-state index in [4.69, 9.17) is 10.8 Å². The van der Waals surface area contributed by atoms with Crippen molar-refractivity contribution in [3.05, 3.63) is 60.2 Å². The van der Waals surface area contributed by atoms with Gasteiger partial charge in [-0.25, -0.2) is 0 Å². The number of aliphatic hydroxyl groups excluding tert-OH is 1. The van der Waals surface area contributed by atoms with E-state index in [1.165, 1.54) is 17.2 Å². The first-order valence-electron chi connectivity index (χ1n) is 8.47. The van der Waals surface area contributed by atoms with E-state index in [2.05, 4.69) is 46.8 Å². The molecule has 0 spiro atoms. The third-order valence-electron chi connectivity index (χ3n) is 4.09. The third kappa shape index (κ3) is 9.04. The molecule has 0 aliphatic carbocycles. The van der Waals surface area contributed by atoms with Crippen molar-refractivity contribution in [1.29, 1.82) is 0 Å². The van der Waals surface area contributed by atoms with Crippen molar-refractivity contribution in [3.8, 4) is 0 Å². The Balaban J connectivity index is 2.58. The second kappa shape index (κ2) is 12.0. The van der Waals surface area contributed by atoms with Gasteiger partial charge in [-0.3, -0.25) is 4.79 Å². The number of hydrogen-bond donors (Lipinski definition) is 2. The fraction of sp³-hybridized carbons (Fsp3) is 0.450. The average molecular weight is 394 g/mol. The zero-order valence-electron chi connectivity index (χ0n) is 14.2. The monoisotopic (exact) mass is 393 g/mol. The highest BCUT2D eigenvalue weighted by molar-refractivity contribution is 9.09. The number of primary amides is 1. The van der Waals surface area contributed by atoms with Crippen LogP contribution in [0.4, 0.5) is 0 Å². The summed E-state index contributed by atoms with van der Waals surface area (Å²) in [7, 11) is 0. The van der Waals surface area contributed by atoms with E-state index in [0.717, 1.165) is 38.5 Å². The normalized spacial score (nSPS) is 13.8. The number of allylic oxidation sites excluding steroid dienone is 2. The van der Waals surface area contributed by atoms with Crippen molar-refractivity contribution >= 4 is 21.8 Å². The van der Waals surface area contributed by atoms with Gasteiger partial charge in [-0.05, 0) is 49.7 Å². The summed E-state index contributed by atoms with van der Waals surface area (Å²) in [6, 6.07) is 10.4. The van der Waals surface area contributed by atoms with Crippen molar-refractivity contribution in [2.24, 2.45) is 11.7 Å². The van der Waals surface area contributed by atoms with E-state index in [-0.39, 0.29) is 11.4 Å². The summed E-state index contributed by atoms with van der Waals surface area (Å²) in [6.07, 6.45) is 8.80. The summed E-state index contributed by atoms with van der Waals surface area (Å²) in [5.41, 5.74) is 7.70. The highest BCUT2D eigenvalue weighted by Crippen LogP contribution is 2.28. The van der Waals surface area contributed by atoms with Crippen LogP contribution < -0.4 is 5.73 Å². The molecule has 2 unspecified atom stereocenters. The Morgan fingerprint density at radius 1 is 1.29 bits per heavy atom. The quantitative estimate of drug-likeness (QED) is 0.242. The van der Waals surface area contributed by atoms with E-state index in [1.54, 1.807) is 6.08 Å². The number of amides is 1. The number of unbranched alkanes of at least 4 members (excludes halogenated alkanes) is 1. The Morgan fingerprint density at radius 2 is 2.00 bits per heavy atom. The molecule has 3 nitrogen and oxygen atoms in total. The lowest BCUT2D eigenvalue weighted by Crippen LogP contribution is -2.12. The Hall–Kier alpha value is -1.39. The zero-order chi connectivity index (χ0) is 17.8. The largest absolute Gasteiger partial charge is 0.396 e. The lowest BCUT2D eigenvalue weighted by atomic mass is 9.87. The van der Waals surface area contributed by atoms with Gasteiger partial charge >= 0.3 is 0 Å². The number of nitrogens with two attached hydrogens (primary N) is 1. The minimum Gasteiger partial charge on any atom is -0.396 e. The topological polar surface area (TPSA) is 63.3 Å². The molecule has 1 amide bonds. The summed E-state index contributed by atoms with van der Waals surface area (Å²) >= 11 is 3.60. The molecule has 0 saturated heterocycles. The molecule has 0 aliphatic rings. The smallest absolute Gasteiger partial charge is 0.241 e. The van der Waals surface area contributed by atoms with Crippen molar-refractivity contribution in [1.82, 2.24) is 0 Å². The van der Waals surface area contributed by atoms with Gasteiger partial charge in [-0.1, -0.05) is 70.9 Å². The summed E-state index contributed by atoms with van der Waals surface area (Å²) in [4.78, 5) is 11.0. The molecule has 24 heavy (non-hydrogen) atoms. The Kier molecular flexibility index (Phi) is 10.4. The predicted molar refractivity (Wildman–Crippen MR) is 104 cm³/mol. The van der Waals surface area contributed by atoms with Crippen LogP contribution in [0.25, 0.3) is 0 Å². The molecule has 0 bridgehead atoms. The zero-order valence-corrected chi connectivity index (χ0v) is 15.7. The second-order valence-electron chi connectivity index (χ2n) is 6.07. The average Bonchev–Trinajstić information content (AvgIpc) is 2.58. The first-order valence-corrected chi connectivity index (χ1v) is 9.38. The van der Waals surface area contributed by atoms with Crippen LogP contribution in [0.2, 0.25) is 0 Å². The first-order chi connectivity index (χ1) is 11.5. The molecule has 132 valence electrons. The molecule has 1 rings (SSSR count). The van der Waals surface area contributed by atoms with Gasteiger partial charge in [0.15, 0.2) is 0 Å². The fourth-order valence-electron chi connectivity index (χ4n) is 2.69. The maximum absolute atomic E-state index is 10.9. The SMILES string of the molecule is C=C(CCc1ccccc1)C(CCCCO)CC(Br)/C=C/C(N)=O. The van der Waals surface area contributed by atoms with Crippen LogP contribution in [0, 0.1) is 5.92 Å². The molecule has 4 heteroatoms. The van der Waals surface area contributed by atoms with E-state index in [1.807, 2.05) is 6.07 Å². The van der Waals surface area contributed by atoms with Crippen molar-refractivity contribution in [2.45, 2.75) is 43.4 Å². The molecule has 2 atom stereocenters. The van der Waals surface area contributed by atoms with Gasteiger partial charge in [0.2, 0.25) is 5.91 Å². The second-order valence-corrected chi connectivity index (χ2v) is 7.25. The van der Waals surface area contributed by atoms with Gasteiger partial charge in [0.1, 0.15) is 0 Å². The molecule has 0 fully saturated rings. The molecule has 0 aliphatic heterocycles. The minimum atomic E-state index is -0.431. The highest BCUT2D eigenvalue weighted by atomic mass is 79.9. The minimum absolute atomic E-state index is 0.0950. The standard InChI is InChI=1S/C20H28BrNO2/c1-16(10-11-17-7-3-2-4-8-17)18(9-5-6-14-23)15-19(21)12-13-20(22)24/h2-4,7-8,12-13,18-19,23H,1,5-6,9-11,14-15H2,(H2,22,24)/b13-12+. The molecular weight excluding hydrogens is 366 g/mol.